The average molecular weight is 401 g/mol. The zero-order chi connectivity index (χ0) is 19.2. The van der Waals surface area contributed by atoms with Gasteiger partial charge >= 0.3 is 0 Å². The van der Waals surface area contributed by atoms with Crippen LogP contribution in [0.25, 0.3) is 11.3 Å². The van der Waals surface area contributed by atoms with E-state index < -0.39 is 0 Å². The van der Waals surface area contributed by atoms with Crippen molar-refractivity contribution in [1.29, 1.82) is 0 Å². The van der Waals surface area contributed by atoms with Gasteiger partial charge in [0.2, 0.25) is 5.91 Å². The summed E-state index contributed by atoms with van der Waals surface area (Å²) in [4.78, 5) is 31.9. The fourth-order valence-electron chi connectivity index (χ4n) is 2.43. The molecule has 0 spiro atoms. The second-order valence-electron chi connectivity index (χ2n) is 6.01. The Morgan fingerprint density at radius 1 is 1.00 bits per heavy atom. The first-order valence-corrected chi connectivity index (χ1v) is 10.4. The number of aryl methyl sites for hydroxylation is 1. The van der Waals surface area contributed by atoms with E-state index in [0.717, 1.165) is 17.7 Å². The summed E-state index contributed by atoms with van der Waals surface area (Å²) in [6, 6.07) is 8.38. The van der Waals surface area contributed by atoms with Crippen LogP contribution >= 0.6 is 22.7 Å². The van der Waals surface area contributed by atoms with Crippen LogP contribution in [0.3, 0.4) is 0 Å². The fourth-order valence-corrected chi connectivity index (χ4v) is 3.89. The highest BCUT2D eigenvalue weighted by molar-refractivity contribution is 7.14. The summed E-state index contributed by atoms with van der Waals surface area (Å²) in [7, 11) is 0. The monoisotopic (exact) mass is 400 g/mol. The normalized spacial score (nSPS) is 10.6. The SMILES string of the molecule is CCCCc1ccc(-c2csc(NC(=O)c3csc(NC(C)=O)n3)n2)cc1. The predicted molar refractivity (Wildman–Crippen MR) is 111 cm³/mol. The van der Waals surface area contributed by atoms with Gasteiger partial charge < -0.3 is 5.32 Å². The summed E-state index contributed by atoms with van der Waals surface area (Å²) in [5.41, 5.74) is 3.42. The number of amides is 2. The molecule has 3 aromatic rings. The van der Waals surface area contributed by atoms with E-state index >= 15 is 0 Å². The Morgan fingerprint density at radius 2 is 1.70 bits per heavy atom. The van der Waals surface area contributed by atoms with E-state index in [1.807, 2.05) is 5.38 Å². The van der Waals surface area contributed by atoms with E-state index in [1.54, 1.807) is 5.38 Å². The molecule has 0 atom stereocenters. The number of benzene rings is 1. The fraction of sp³-hybridized carbons (Fsp3) is 0.263. The van der Waals surface area contributed by atoms with Crippen molar-refractivity contribution in [2.24, 2.45) is 0 Å². The second kappa shape index (κ2) is 8.88. The van der Waals surface area contributed by atoms with E-state index in [1.165, 1.54) is 48.0 Å². The maximum atomic E-state index is 12.3. The van der Waals surface area contributed by atoms with Gasteiger partial charge in [-0.2, -0.15) is 0 Å². The van der Waals surface area contributed by atoms with Crippen molar-refractivity contribution in [3.8, 4) is 11.3 Å². The minimum atomic E-state index is -0.348. The smallest absolute Gasteiger partial charge is 0.276 e. The lowest BCUT2D eigenvalue weighted by atomic mass is 10.1. The summed E-state index contributed by atoms with van der Waals surface area (Å²) >= 11 is 2.57. The summed E-state index contributed by atoms with van der Waals surface area (Å²) in [6.07, 6.45) is 3.46. The topological polar surface area (TPSA) is 84.0 Å². The van der Waals surface area contributed by atoms with E-state index in [4.69, 9.17) is 0 Å². The zero-order valence-corrected chi connectivity index (χ0v) is 16.7. The van der Waals surface area contributed by atoms with E-state index in [9.17, 15) is 9.59 Å². The minimum absolute atomic E-state index is 0.221. The molecule has 0 aliphatic carbocycles. The molecule has 6 nitrogen and oxygen atoms in total. The van der Waals surface area contributed by atoms with Crippen LogP contribution in [-0.4, -0.2) is 21.8 Å². The Labute approximate surface area is 165 Å². The quantitative estimate of drug-likeness (QED) is 0.595. The molecular weight excluding hydrogens is 380 g/mol. The molecule has 0 unspecified atom stereocenters. The van der Waals surface area contributed by atoms with Crippen molar-refractivity contribution in [3.63, 3.8) is 0 Å². The number of aromatic nitrogens is 2. The third kappa shape index (κ3) is 5.21. The van der Waals surface area contributed by atoms with Crippen LogP contribution in [0.5, 0.6) is 0 Å². The maximum absolute atomic E-state index is 12.3. The van der Waals surface area contributed by atoms with Gasteiger partial charge in [0.15, 0.2) is 10.3 Å². The molecule has 0 bridgehead atoms. The molecule has 0 fully saturated rings. The van der Waals surface area contributed by atoms with Crippen molar-refractivity contribution in [2.75, 3.05) is 10.6 Å². The molecule has 27 heavy (non-hydrogen) atoms. The Balaban J connectivity index is 1.64. The molecule has 1 aromatic carbocycles. The molecule has 0 radical (unpaired) electrons. The average Bonchev–Trinajstić information content (AvgIpc) is 3.29. The first-order valence-electron chi connectivity index (χ1n) is 8.64. The first-order chi connectivity index (χ1) is 13.0. The zero-order valence-electron chi connectivity index (χ0n) is 15.1. The lowest BCUT2D eigenvalue weighted by Crippen LogP contribution is -2.12. The van der Waals surface area contributed by atoms with Gasteiger partial charge in [0, 0.05) is 23.2 Å². The maximum Gasteiger partial charge on any atom is 0.276 e. The third-order valence-corrected chi connectivity index (χ3v) is 5.33. The van der Waals surface area contributed by atoms with Crippen LogP contribution in [0.1, 0.15) is 42.7 Å². The van der Waals surface area contributed by atoms with E-state index in [0.29, 0.717) is 10.3 Å². The molecule has 0 aliphatic heterocycles. The van der Waals surface area contributed by atoms with Crippen molar-refractivity contribution >= 4 is 44.8 Å². The Morgan fingerprint density at radius 3 is 2.41 bits per heavy atom. The summed E-state index contributed by atoms with van der Waals surface area (Å²) in [5, 5.41) is 9.75. The van der Waals surface area contributed by atoms with E-state index in [2.05, 4.69) is 51.8 Å². The number of nitrogens with zero attached hydrogens (tertiary/aromatic N) is 2. The predicted octanol–water partition coefficient (Wildman–Crippen LogP) is 4.82. The molecule has 2 N–H and O–H groups in total. The molecule has 0 saturated carbocycles. The van der Waals surface area contributed by atoms with Crippen LogP contribution in [0, 0.1) is 0 Å². The lowest BCUT2D eigenvalue weighted by Gasteiger charge is -2.02. The van der Waals surface area contributed by atoms with Gasteiger partial charge in [0.05, 0.1) is 5.69 Å². The number of hydrogen-bond donors (Lipinski definition) is 2. The van der Waals surface area contributed by atoms with Crippen LogP contribution in [0.4, 0.5) is 10.3 Å². The summed E-state index contributed by atoms with van der Waals surface area (Å²) in [5.74, 6) is -0.569. The van der Waals surface area contributed by atoms with Crippen molar-refractivity contribution < 1.29 is 9.59 Å². The van der Waals surface area contributed by atoms with Crippen molar-refractivity contribution in [2.45, 2.75) is 33.1 Å². The standard InChI is InChI=1S/C19H20N4O2S2/c1-3-4-5-13-6-8-14(9-7-13)15-10-26-19(21-15)23-17(25)16-11-27-18(22-16)20-12(2)24/h6-11H,3-5H2,1-2H3,(H,20,22,24)(H,21,23,25). The molecule has 2 amide bonds. The molecule has 8 heteroatoms. The Bertz CT molecular complexity index is 931. The van der Waals surface area contributed by atoms with Gasteiger partial charge in [-0.05, 0) is 18.4 Å². The number of hydrogen-bond acceptors (Lipinski definition) is 6. The number of unbranched alkanes of at least 4 members (excludes halogenated alkanes) is 1. The highest BCUT2D eigenvalue weighted by Crippen LogP contribution is 2.26. The van der Waals surface area contributed by atoms with Crippen molar-refractivity contribution in [1.82, 2.24) is 9.97 Å². The van der Waals surface area contributed by atoms with Crippen LogP contribution in [0.2, 0.25) is 0 Å². The molecule has 0 saturated heterocycles. The first kappa shape index (κ1) is 19.2. The molecule has 140 valence electrons. The van der Waals surface area contributed by atoms with E-state index in [-0.39, 0.29) is 17.5 Å². The van der Waals surface area contributed by atoms with Crippen molar-refractivity contribution in [3.05, 3.63) is 46.3 Å². The third-order valence-electron chi connectivity index (χ3n) is 3.81. The highest BCUT2D eigenvalue weighted by Gasteiger charge is 2.14. The molecule has 2 aromatic heterocycles. The summed E-state index contributed by atoms with van der Waals surface area (Å²) in [6.45, 7) is 3.58. The lowest BCUT2D eigenvalue weighted by molar-refractivity contribution is -0.114. The second-order valence-corrected chi connectivity index (χ2v) is 7.73. The highest BCUT2D eigenvalue weighted by atomic mass is 32.1. The Kier molecular flexibility index (Phi) is 6.31. The van der Waals surface area contributed by atoms with Gasteiger partial charge in [-0.3, -0.25) is 14.9 Å². The van der Waals surface area contributed by atoms with Crippen LogP contribution < -0.4 is 10.6 Å². The van der Waals surface area contributed by atoms with Gasteiger partial charge in [-0.1, -0.05) is 37.6 Å². The number of carbonyl (C=O) groups excluding carboxylic acids is 2. The largest absolute Gasteiger partial charge is 0.302 e. The van der Waals surface area contributed by atoms with Gasteiger partial charge in [-0.25, -0.2) is 9.97 Å². The Hall–Kier alpha value is -2.58. The molecule has 2 heterocycles. The molecular formula is C19H20N4O2S2. The van der Waals surface area contributed by atoms with Crippen LogP contribution in [0.15, 0.2) is 35.0 Å². The van der Waals surface area contributed by atoms with Crippen LogP contribution in [-0.2, 0) is 11.2 Å². The number of thiazole rings is 2. The number of anilines is 2. The minimum Gasteiger partial charge on any atom is -0.302 e. The van der Waals surface area contributed by atoms with Gasteiger partial charge in [0.1, 0.15) is 5.69 Å². The van der Waals surface area contributed by atoms with Gasteiger partial charge in [0.25, 0.3) is 5.91 Å². The number of nitrogens with one attached hydrogen (secondary N) is 2. The number of carbonyl (C=O) groups is 2. The summed E-state index contributed by atoms with van der Waals surface area (Å²) < 4.78 is 0. The number of rotatable bonds is 7. The molecule has 3 rings (SSSR count). The van der Waals surface area contributed by atoms with Gasteiger partial charge in [-0.15, -0.1) is 22.7 Å². The molecule has 0 aliphatic rings.